The van der Waals surface area contributed by atoms with E-state index in [4.69, 9.17) is 0 Å². The molecule has 2 aromatic rings. The van der Waals surface area contributed by atoms with Gasteiger partial charge in [0.1, 0.15) is 5.69 Å². The first-order chi connectivity index (χ1) is 10.6. The minimum Gasteiger partial charge on any atom is -0.351 e. The predicted molar refractivity (Wildman–Crippen MR) is 80.7 cm³/mol. The third-order valence-electron chi connectivity index (χ3n) is 3.81. The fourth-order valence-corrected chi connectivity index (χ4v) is 2.68. The van der Waals surface area contributed by atoms with Crippen molar-refractivity contribution >= 4 is 11.6 Å². The maximum Gasteiger partial charge on any atom is 0.287 e. The standard InChI is InChI=1S/C15H16N4O3/c20-15(13-7-11(8-17-13)19(21)22)18-9-14-12-4-2-1-3-10(12)5-6-16-14/h1-4,7-8,14,16-17H,5-6,9H2,(H,18,20). The Morgan fingerprint density at radius 3 is 3.00 bits per heavy atom. The summed E-state index contributed by atoms with van der Waals surface area (Å²) in [7, 11) is 0. The highest BCUT2D eigenvalue weighted by atomic mass is 16.6. The molecule has 1 aromatic heterocycles. The van der Waals surface area contributed by atoms with Crippen molar-refractivity contribution in [3.63, 3.8) is 0 Å². The van der Waals surface area contributed by atoms with Gasteiger partial charge in [-0.2, -0.15) is 0 Å². The zero-order valence-corrected chi connectivity index (χ0v) is 11.8. The molecule has 0 saturated carbocycles. The minimum atomic E-state index is -0.535. The fourth-order valence-electron chi connectivity index (χ4n) is 2.68. The van der Waals surface area contributed by atoms with Gasteiger partial charge >= 0.3 is 0 Å². The van der Waals surface area contributed by atoms with Crippen molar-refractivity contribution in [3.05, 3.63) is 63.5 Å². The van der Waals surface area contributed by atoms with E-state index in [0.717, 1.165) is 13.0 Å². The van der Waals surface area contributed by atoms with Crippen molar-refractivity contribution in [1.29, 1.82) is 0 Å². The topological polar surface area (TPSA) is 100 Å². The number of nitro groups is 1. The van der Waals surface area contributed by atoms with Crippen LogP contribution >= 0.6 is 0 Å². The molecule has 1 unspecified atom stereocenters. The Morgan fingerprint density at radius 2 is 2.23 bits per heavy atom. The lowest BCUT2D eigenvalue weighted by atomic mass is 9.94. The molecule has 0 spiro atoms. The van der Waals surface area contributed by atoms with Crippen molar-refractivity contribution < 1.29 is 9.72 Å². The normalized spacial score (nSPS) is 16.8. The van der Waals surface area contributed by atoms with E-state index in [1.165, 1.54) is 23.4 Å². The second-order valence-corrected chi connectivity index (χ2v) is 5.19. The molecule has 1 aliphatic heterocycles. The Hall–Kier alpha value is -2.67. The SMILES string of the molecule is O=C(NCC1NCCc2ccccc21)c1cc([N+](=O)[O-])c[nH]1. The van der Waals surface area contributed by atoms with E-state index in [0.29, 0.717) is 6.54 Å². The number of amides is 1. The Labute approximate surface area is 126 Å². The average Bonchev–Trinajstić information content (AvgIpc) is 3.03. The van der Waals surface area contributed by atoms with E-state index in [2.05, 4.69) is 27.8 Å². The molecule has 0 saturated heterocycles. The van der Waals surface area contributed by atoms with Gasteiger partial charge in [0.15, 0.2) is 0 Å². The third-order valence-corrected chi connectivity index (χ3v) is 3.81. The number of hydrogen-bond acceptors (Lipinski definition) is 4. The Kier molecular flexibility index (Phi) is 3.88. The molecule has 7 nitrogen and oxygen atoms in total. The van der Waals surface area contributed by atoms with Crippen molar-refractivity contribution in [2.45, 2.75) is 12.5 Å². The number of aromatic nitrogens is 1. The van der Waals surface area contributed by atoms with Crippen LogP contribution in [0.4, 0.5) is 5.69 Å². The number of H-pyrrole nitrogens is 1. The first-order valence-electron chi connectivity index (χ1n) is 7.07. The number of fused-ring (bicyclic) bond motifs is 1. The number of benzene rings is 1. The summed E-state index contributed by atoms with van der Waals surface area (Å²) in [5, 5.41) is 16.8. The zero-order valence-electron chi connectivity index (χ0n) is 11.8. The van der Waals surface area contributed by atoms with E-state index >= 15 is 0 Å². The summed E-state index contributed by atoms with van der Waals surface area (Å²) in [5.74, 6) is -0.349. The van der Waals surface area contributed by atoms with E-state index < -0.39 is 4.92 Å². The van der Waals surface area contributed by atoms with Crippen LogP contribution in [0.2, 0.25) is 0 Å². The highest BCUT2D eigenvalue weighted by Gasteiger charge is 2.20. The summed E-state index contributed by atoms with van der Waals surface area (Å²) in [6.07, 6.45) is 2.19. The molecule has 1 aromatic carbocycles. The predicted octanol–water partition coefficient (Wildman–Crippen LogP) is 1.54. The molecule has 3 N–H and O–H groups in total. The second kappa shape index (κ2) is 5.98. The first kappa shape index (κ1) is 14.3. The first-order valence-corrected chi connectivity index (χ1v) is 7.07. The van der Waals surface area contributed by atoms with Crippen LogP contribution in [0.25, 0.3) is 0 Å². The molecule has 0 fully saturated rings. The zero-order chi connectivity index (χ0) is 15.5. The number of carbonyl (C=O) groups is 1. The smallest absolute Gasteiger partial charge is 0.287 e. The lowest BCUT2D eigenvalue weighted by molar-refractivity contribution is -0.384. The lowest BCUT2D eigenvalue weighted by Gasteiger charge is -2.27. The highest BCUT2D eigenvalue weighted by Crippen LogP contribution is 2.22. The van der Waals surface area contributed by atoms with Crippen LogP contribution in [-0.4, -0.2) is 28.9 Å². The van der Waals surface area contributed by atoms with Gasteiger partial charge in [-0.05, 0) is 24.1 Å². The summed E-state index contributed by atoms with van der Waals surface area (Å²) in [5.41, 5.74) is 2.55. The van der Waals surface area contributed by atoms with Gasteiger partial charge in [-0.1, -0.05) is 24.3 Å². The van der Waals surface area contributed by atoms with Crippen LogP contribution in [0.1, 0.15) is 27.7 Å². The molecule has 1 aliphatic rings. The minimum absolute atomic E-state index is 0.0545. The van der Waals surface area contributed by atoms with Gasteiger partial charge in [0.2, 0.25) is 0 Å². The van der Waals surface area contributed by atoms with Crippen LogP contribution in [0, 0.1) is 10.1 Å². The summed E-state index contributed by atoms with van der Waals surface area (Å²) >= 11 is 0. The van der Waals surface area contributed by atoms with Gasteiger partial charge in [-0.15, -0.1) is 0 Å². The summed E-state index contributed by atoms with van der Waals surface area (Å²) in [6.45, 7) is 1.30. The average molecular weight is 300 g/mol. The molecule has 2 heterocycles. The van der Waals surface area contributed by atoms with Crippen molar-refractivity contribution in [1.82, 2.24) is 15.6 Å². The fraction of sp³-hybridized carbons (Fsp3) is 0.267. The van der Waals surface area contributed by atoms with E-state index in [9.17, 15) is 14.9 Å². The van der Waals surface area contributed by atoms with Gasteiger partial charge in [0.25, 0.3) is 11.6 Å². The molecule has 114 valence electrons. The van der Waals surface area contributed by atoms with Crippen molar-refractivity contribution in [2.24, 2.45) is 0 Å². The van der Waals surface area contributed by atoms with Crippen LogP contribution in [0.3, 0.4) is 0 Å². The number of hydrogen-bond donors (Lipinski definition) is 3. The molecule has 0 aliphatic carbocycles. The van der Waals surface area contributed by atoms with Gasteiger partial charge in [-0.3, -0.25) is 14.9 Å². The van der Waals surface area contributed by atoms with E-state index in [1.54, 1.807) is 0 Å². The van der Waals surface area contributed by atoms with Crippen LogP contribution in [-0.2, 0) is 6.42 Å². The van der Waals surface area contributed by atoms with Crippen LogP contribution < -0.4 is 10.6 Å². The maximum atomic E-state index is 12.0. The molecular formula is C15H16N4O3. The molecule has 0 radical (unpaired) electrons. The molecule has 1 atom stereocenters. The summed E-state index contributed by atoms with van der Waals surface area (Å²) in [4.78, 5) is 24.7. The van der Waals surface area contributed by atoms with E-state index in [1.807, 2.05) is 12.1 Å². The van der Waals surface area contributed by atoms with Gasteiger partial charge in [0, 0.05) is 18.7 Å². The molecule has 0 bridgehead atoms. The monoisotopic (exact) mass is 300 g/mol. The molecule has 1 amide bonds. The lowest BCUT2D eigenvalue weighted by Crippen LogP contribution is -2.38. The largest absolute Gasteiger partial charge is 0.351 e. The highest BCUT2D eigenvalue weighted by molar-refractivity contribution is 5.93. The molecular weight excluding hydrogens is 284 g/mol. The van der Waals surface area contributed by atoms with Crippen LogP contribution in [0.15, 0.2) is 36.5 Å². The second-order valence-electron chi connectivity index (χ2n) is 5.19. The number of carbonyl (C=O) groups excluding carboxylic acids is 1. The van der Waals surface area contributed by atoms with Crippen molar-refractivity contribution in [3.8, 4) is 0 Å². The van der Waals surface area contributed by atoms with Crippen molar-refractivity contribution in [2.75, 3.05) is 13.1 Å². The summed E-state index contributed by atoms with van der Waals surface area (Å²) < 4.78 is 0. The number of nitrogens with one attached hydrogen (secondary N) is 3. The number of aromatic amines is 1. The van der Waals surface area contributed by atoms with Crippen LogP contribution in [0.5, 0.6) is 0 Å². The quantitative estimate of drug-likeness (QED) is 0.589. The molecule has 3 rings (SSSR count). The number of nitrogens with zero attached hydrogens (tertiary/aromatic N) is 1. The van der Waals surface area contributed by atoms with Gasteiger partial charge < -0.3 is 15.6 Å². The van der Waals surface area contributed by atoms with Gasteiger partial charge in [0.05, 0.1) is 11.1 Å². The van der Waals surface area contributed by atoms with E-state index in [-0.39, 0.29) is 23.3 Å². The maximum absolute atomic E-state index is 12.0. The van der Waals surface area contributed by atoms with Gasteiger partial charge in [-0.25, -0.2) is 0 Å². The summed E-state index contributed by atoms with van der Waals surface area (Å²) in [6, 6.07) is 9.43. The third kappa shape index (κ3) is 2.84. The molecule has 22 heavy (non-hydrogen) atoms. The Balaban J connectivity index is 1.65. The number of rotatable bonds is 4. The molecule has 7 heteroatoms. The Morgan fingerprint density at radius 1 is 1.41 bits per heavy atom. The Bertz CT molecular complexity index is 710.